The summed E-state index contributed by atoms with van der Waals surface area (Å²) in [7, 11) is 1.85. The Kier molecular flexibility index (Phi) is 6.54. The molecule has 0 spiro atoms. The van der Waals surface area contributed by atoms with Crippen LogP contribution < -0.4 is 5.32 Å². The predicted octanol–water partition coefficient (Wildman–Crippen LogP) is 4.29. The van der Waals surface area contributed by atoms with E-state index in [1.807, 2.05) is 26.1 Å². The molecule has 122 valence electrons. The molecule has 1 saturated heterocycles. The number of hydrogen-bond acceptors (Lipinski definition) is 2. The number of benzene rings is 1. The summed E-state index contributed by atoms with van der Waals surface area (Å²) in [6.07, 6.45) is 3.94. The van der Waals surface area contributed by atoms with Gasteiger partial charge in [0.2, 0.25) is 5.91 Å². The molecule has 22 heavy (non-hydrogen) atoms. The first kappa shape index (κ1) is 17.6. The smallest absolute Gasteiger partial charge is 0.222 e. The molecule has 2 rings (SSSR count). The normalized spacial score (nSPS) is 17.3. The number of nitrogens with one attached hydrogen (secondary N) is 1. The van der Waals surface area contributed by atoms with Crippen molar-refractivity contribution in [2.75, 3.05) is 20.1 Å². The summed E-state index contributed by atoms with van der Waals surface area (Å²) < 4.78 is 0. The molecular weight excluding hydrogens is 319 g/mol. The second-order valence-corrected chi connectivity index (χ2v) is 6.92. The molecule has 1 aromatic rings. The van der Waals surface area contributed by atoms with Gasteiger partial charge in [0.1, 0.15) is 0 Å². The number of halogens is 2. The molecule has 1 aliphatic heterocycles. The van der Waals surface area contributed by atoms with Crippen molar-refractivity contribution in [3.63, 3.8) is 0 Å². The van der Waals surface area contributed by atoms with E-state index in [0.717, 1.165) is 25.1 Å². The van der Waals surface area contributed by atoms with Crippen molar-refractivity contribution >= 4 is 29.1 Å². The Labute approximate surface area is 143 Å². The zero-order valence-corrected chi connectivity index (χ0v) is 14.8. The SMILES string of the molecule is CC(c1ccc(Cl)cc1Cl)N(C)C(=O)CCC1CCNCC1. The lowest BCUT2D eigenvalue weighted by atomic mass is 9.93. The summed E-state index contributed by atoms with van der Waals surface area (Å²) in [4.78, 5) is 14.2. The van der Waals surface area contributed by atoms with Crippen LogP contribution in [0.4, 0.5) is 0 Å². The van der Waals surface area contributed by atoms with E-state index in [0.29, 0.717) is 22.4 Å². The van der Waals surface area contributed by atoms with E-state index in [-0.39, 0.29) is 11.9 Å². The highest BCUT2D eigenvalue weighted by atomic mass is 35.5. The molecule has 0 aromatic heterocycles. The van der Waals surface area contributed by atoms with Gasteiger partial charge >= 0.3 is 0 Å². The van der Waals surface area contributed by atoms with Crippen LogP contribution in [-0.2, 0) is 4.79 Å². The Bertz CT molecular complexity index is 515. The Morgan fingerprint density at radius 1 is 1.36 bits per heavy atom. The van der Waals surface area contributed by atoms with Gasteiger partial charge in [-0.25, -0.2) is 0 Å². The van der Waals surface area contributed by atoms with E-state index in [9.17, 15) is 4.79 Å². The molecule has 1 heterocycles. The molecule has 1 amide bonds. The number of carbonyl (C=O) groups is 1. The molecule has 3 nitrogen and oxygen atoms in total. The van der Waals surface area contributed by atoms with Gasteiger partial charge in [0, 0.05) is 23.5 Å². The Hall–Kier alpha value is -0.770. The number of rotatable bonds is 5. The fraction of sp³-hybridized carbons (Fsp3) is 0.588. The van der Waals surface area contributed by atoms with E-state index < -0.39 is 0 Å². The maximum atomic E-state index is 12.4. The molecule has 5 heteroatoms. The maximum Gasteiger partial charge on any atom is 0.222 e. The second-order valence-electron chi connectivity index (χ2n) is 6.08. The highest BCUT2D eigenvalue weighted by Gasteiger charge is 2.21. The summed E-state index contributed by atoms with van der Waals surface area (Å²) in [6.45, 7) is 4.15. The van der Waals surface area contributed by atoms with Crippen LogP contribution >= 0.6 is 23.2 Å². The molecule has 0 radical (unpaired) electrons. The van der Waals surface area contributed by atoms with Gasteiger partial charge in [0.25, 0.3) is 0 Å². The number of carbonyl (C=O) groups excluding carboxylic acids is 1. The summed E-state index contributed by atoms with van der Waals surface area (Å²) in [6, 6.07) is 5.38. The summed E-state index contributed by atoms with van der Waals surface area (Å²) >= 11 is 12.2. The van der Waals surface area contributed by atoms with Crippen LogP contribution in [0.3, 0.4) is 0 Å². The van der Waals surface area contributed by atoms with Crippen molar-refractivity contribution in [1.29, 1.82) is 0 Å². The van der Waals surface area contributed by atoms with E-state index in [1.54, 1.807) is 11.0 Å². The fourth-order valence-electron chi connectivity index (χ4n) is 2.94. The third-order valence-electron chi connectivity index (χ3n) is 4.61. The molecule has 0 saturated carbocycles. The zero-order chi connectivity index (χ0) is 16.1. The Morgan fingerprint density at radius 3 is 2.68 bits per heavy atom. The minimum absolute atomic E-state index is 0.0507. The van der Waals surface area contributed by atoms with Crippen LogP contribution in [0.1, 0.15) is 44.2 Å². The standard InChI is InChI=1S/C17H24Cl2N2O/c1-12(15-5-4-14(18)11-16(15)19)21(2)17(22)6-3-13-7-9-20-10-8-13/h4-5,11-13,20H,3,6-10H2,1-2H3. The van der Waals surface area contributed by atoms with E-state index in [2.05, 4.69) is 5.32 Å². The first-order chi connectivity index (χ1) is 10.5. The molecule has 1 fully saturated rings. The fourth-order valence-corrected chi connectivity index (χ4v) is 3.51. The average Bonchev–Trinajstić information content (AvgIpc) is 2.52. The van der Waals surface area contributed by atoms with Crippen molar-refractivity contribution in [2.45, 2.75) is 38.6 Å². The van der Waals surface area contributed by atoms with E-state index in [4.69, 9.17) is 23.2 Å². The van der Waals surface area contributed by atoms with Crippen LogP contribution in [0.5, 0.6) is 0 Å². The van der Waals surface area contributed by atoms with Crippen LogP contribution in [-0.4, -0.2) is 30.9 Å². The van der Waals surface area contributed by atoms with Gasteiger partial charge in [-0.05, 0) is 62.9 Å². The number of nitrogens with zero attached hydrogens (tertiary/aromatic N) is 1. The van der Waals surface area contributed by atoms with Crippen LogP contribution in [0, 0.1) is 5.92 Å². The number of piperidine rings is 1. The molecule has 0 bridgehead atoms. The van der Waals surface area contributed by atoms with Crippen molar-refractivity contribution in [1.82, 2.24) is 10.2 Å². The lowest BCUT2D eigenvalue weighted by Crippen LogP contribution is -2.31. The quantitative estimate of drug-likeness (QED) is 0.865. The van der Waals surface area contributed by atoms with Crippen molar-refractivity contribution in [3.05, 3.63) is 33.8 Å². The molecule has 0 aliphatic carbocycles. The summed E-state index contributed by atoms with van der Waals surface area (Å²) in [5.74, 6) is 0.852. The van der Waals surface area contributed by atoms with Gasteiger partial charge in [-0.2, -0.15) is 0 Å². The highest BCUT2D eigenvalue weighted by Crippen LogP contribution is 2.29. The van der Waals surface area contributed by atoms with Gasteiger partial charge in [-0.3, -0.25) is 4.79 Å². The topological polar surface area (TPSA) is 32.3 Å². The minimum atomic E-state index is -0.0507. The average molecular weight is 343 g/mol. The predicted molar refractivity (Wildman–Crippen MR) is 92.5 cm³/mol. The summed E-state index contributed by atoms with van der Waals surface area (Å²) in [5, 5.41) is 4.58. The largest absolute Gasteiger partial charge is 0.339 e. The van der Waals surface area contributed by atoms with Crippen LogP contribution in [0.15, 0.2) is 18.2 Å². The molecule has 1 unspecified atom stereocenters. The first-order valence-corrected chi connectivity index (χ1v) is 8.66. The molecule has 1 N–H and O–H groups in total. The van der Waals surface area contributed by atoms with Gasteiger partial charge in [0.05, 0.1) is 6.04 Å². The first-order valence-electron chi connectivity index (χ1n) is 7.90. The Morgan fingerprint density at radius 2 is 2.05 bits per heavy atom. The molecular formula is C17H24Cl2N2O. The lowest BCUT2D eigenvalue weighted by Gasteiger charge is -2.28. The van der Waals surface area contributed by atoms with Crippen molar-refractivity contribution < 1.29 is 4.79 Å². The minimum Gasteiger partial charge on any atom is -0.339 e. The Balaban J connectivity index is 1.91. The number of hydrogen-bond donors (Lipinski definition) is 1. The van der Waals surface area contributed by atoms with E-state index in [1.165, 1.54) is 12.8 Å². The zero-order valence-electron chi connectivity index (χ0n) is 13.2. The van der Waals surface area contributed by atoms with Crippen molar-refractivity contribution in [2.24, 2.45) is 5.92 Å². The second kappa shape index (κ2) is 8.19. The highest BCUT2D eigenvalue weighted by molar-refractivity contribution is 6.35. The van der Waals surface area contributed by atoms with Gasteiger partial charge < -0.3 is 10.2 Å². The van der Waals surface area contributed by atoms with Gasteiger partial charge in [-0.1, -0.05) is 29.3 Å². The van der Waals surface area contributed by atoms with Gasteiger partial charge in [-0.15, -0.1) is 0 Å². The van der Waals surface area contributed by atoms with E-state index >= 15 is 0 Å². The lowest BCUT2D eigenvalue weighted by molar-refractivity contribution is -0.132. The molecule has 1 aliphatic rings. The molecule has 1 aromatic carbocycles. The van der Waals surface area contributed by atoms with Crippen molar-refractivity contribution in [3.8, 4) is 0 Å². The third-order valence-corrected chi connectivity index (χ3v) is 5.17. The van der Waals surface area contributed by atoms with Crippen LogP contribution in [0.2, 0.25) is 10.0 Å². The molecule has 1 atom stereocenters. The van der Waals surface area contributed by atoms with Gasteiger partial charge in [0.15, 0.2) is 0 Å². The maximum absolute atomic E-state index is 12.4. The monoisotopic (exact) mass is 342 g/mol. The summed E-state index contributed by atoms with van der Waals surface area (Å²) in [5.41, 5.74) is 0.934. The van der Waals surface area contributed by atoms with Crippen LogP contribution in [0.25, 0.3) is 0 Å². The number of amides is 1. The third kappa shape index (κ3) is 4.61.